The third kappa shape index (κ3) is 6.34. The van der Waals surface area contributed by atoms with Gasteiger partial charge in [-0.1, -0.05) is 5.16 Å². The van der Waals surface area contributed by atoms with E-state index < -0.39 is 0 Å². The van der Waals surface area contributed by atoms with Crippen molar-refractivity contribution in [2.24, 2.45) is 10.9 Å². The average Bonchev–Trinajstić information content (AvgIpc) is 3.17. The zero-order valence-electron chi connectivity index (χ0n) is 16.3. The minimum Gasteiger partial charge on any atom is -0.364 e. The van der Waals surface area contributed by atoms with Crippen LogP contribution in [0, 0.1) is 5.92 Å². The second-order valence-electron chi connectivity index (χ2n) is 7.13. The second kappa shape index (κ2) is 10.8. The molecule has 2 aliphatic heterocycles. The van der Waals surface area contributed by atoms with Gasteiger partial charge in [0.1, 0.15) is 6.26 Å². The Kier molecular flexibility index (Phi) is 8.81. The van der Waals surface area contributed by atoms with Crippen LogP contribution >= 0.6 is 24.0 Å². The molecule has 1 aromatic rings. The van der Waals surface area contributed by atoms with Crippen LogP contribution in [-0.4, -0.2) is 84.6 Å². The highest BCUT2D eigenvalue weighted by Gasteiger charge is 2.23. The summed E-state index contributed by atoms with van der Waals surface area (Å²) in [6.45, 7) is 9.07. The summed E-state index contributed by atoms with van der Waals surface area (Å²) in [5.74, 6) is 1.78. The molecule has 9 heteroatoms. The molecule has 8 nitrogen and oxygen atoms in total. The zero-order valence-corrected chi connectivity index (χ0v) is 18.6. The number of amides is 1. The number of aliphatic imine (C=N–C) groups is 1. The van der Waals surface area contributed by atoms with E-state index in [2.05, 4.69) is 25.3 Å². The van der Waals surface area contributed by atoms with Gasteiger partial charge in [0.25, 0.3) is 0 Å². The Balaban J connectivity index is 0.00000261. The zero-order chi connectivity index (χ0) is 18.4. The SMILES string of the molecule is CN=C(NCC1CCN(C(C)=O)CC1)N1CCN(Cc2ccon2)CC1.I. The first-order chi connectivity index (χ1) is 12.7. The molecule has 2 fully saturated rings. The predicted octanol–water partition coefficient (Wildman–Crippen LogP) is 1.24. The lowest BCUT2D eigenvalue weighted by atomic mass is 9.97. The van der Waals surface area contributed by atoms with Gasteiger partial charge in [-0.15, -0.1) is 24.0 Å². The lowest BCUT2D eigenvalue weighted by molar-refractivity contribution is -0.130. The molecule has 3 rings (SSSR count). The number of carbonyl (C=O) groups is 1. The summed E-state index contributed by atoms with van der Waals surface area (Å²) in [4.78, 5) is 22.5. The van der Waals surface area contributed by atoms with Gasteiger partial charge in [-0.25, -0.2) is 0 Å². The van der Waals surface area contributed by atoms with E-state index in [4.69, 9.17) is 4.52 Å². The molecule has 0 bridgehead atoms. The molecule has 0 spiro atoms. The van der Waals surface area contributed by atoms with Crippen LogP contribution in [0.15, 0.2) is 21.8 Å². The summed E-state index contributed by atoms with van der Waals surface area (Å²) in [6.07, 6.45) is 3.75. The smallest absolute Gasteiger partial charge is 0.219 e. The predicted molar refractivity (Wildman–Crippen MR) is 115 cm³/mol. The normalized spacial score (nSPS) is 19.7. The minimum atomic E-state index is 0. The number of hydrogen-bond acceptors (Lipinski definition) is 5. The summed E-state index contributed by atoms with van der Waals surface area (Å²) >= 11 is 0. The lowest BCUT2D eigenvalue weighted by Gasteiger charge is -2.37. The Labute approximate surface area is 178 Å². The third-order valence-corrected chi connectivity index (χ3v) is 5.37. The minimum absolute atomic E-state index is 0. The van der Waals surface area contributed by atoms with E-state index in [1.54, 1.807) is 13.2 Å². The van der Waals surface area contributed by atoms with Crippen LogP contribution in [0.4, 0.5) is 0 Å². The van der Waals surface area contributed by atoms with Gasteiger partial charge in [0.05, 0.1) is 5.69 Å². The first kappa shape index (κ1) is 21.9. The maximum Gasteiger partial charge on any atom is 0.219 e. The maximum atomic E-state index is 11.4. The quantitative estimate of drug-likeness (QED) is 0.389. The molecule has 0 saturated carbocycles. The summed E-state index contributed by atoms with van der Waals surface area (Å²) in [6, 6.07) is 1.92. The first-order valence-corrected chi connectivity index (χ1v) is 9.48. The number of rotatable bonds is 4. The van der Waals surface area contributed by atoms with Crippen molar-refractivity contribution in [3.63, 3.8) is 0 Å². The Morgan fingerprint density at radius 1 is 1.22 bits per heavy atom. The van der Waals surface area contributed by atoms with Gasteiger partial charge in [0.15, 0.2) is 5.96 Å². The van der Waals surface area contributed by atoms with Crippen molar-refractivity contribution in [2.75, 3.05) is 52.9 Å². The molecule has 0 radical (unpaired) electrons. The standard InChI is InChI=1S/C18H30N6O2.HI/c1-15(25)23-6-3-16(4-7-23)13-20-18(19-2)24-10-8-22(9-11-24)14-17-5-12-26-21-17;/h5,12,16H,3-4,6-11,13-14H2,1-2H3,(H,19,20);1H. The van der Waals surface area contributed by atoms with E-state index in [1.807, 2.05) is 18.0 Å². The van der Waals surface area contributed by atoms with Crippen LogP contribution in [0.3, 0.4) is 0 Å². The topological polar surface area (TPSA) is 77.2 Å². The molecule has 27 heavy (non-hydrogen) atoms. The van der Waals surface area contributed by atoms with Crippen molar-refractivity contribution in [2.45, 2.75) is 26.3 Å². The van der Waals surface area contributed by atoms with Gasteiger partial charge in [-0.2, -0.15) is 0 Å². The Bertz CT molecular complexity index is 593. The lowest BCUT2D eigenvalue weighted by Crippen LogP contribution is -2.53. The Morgan fingerprint density at radius 3 is 2.48 bits per heavy atom. The summed E-state index contributed by atoms with van der Waals surface area (Å²) in [5, 5.41) is 7.53. The molecular formula is C18H31IN6O2. The first-order valence-electron chi connectivity index (χ1n) is 9.48. The molecule has 1 N–H and O–H groups in total. The summed E-state index contributed by atoms with van der Waals surface area (Å²) < 4.78 is 4.90. The number of likely N-dealkylation sites (tertiary alicyclic amines) is 1. The number of aromatic nitrogens is 1. The fourth-order valence-corrected chi connectivity index (χ4v) is 3.69. The highest BCUT2D eigenvalue weighted by atomic mass is 127. The Morgan fingerprint density at radius 2 is 1.93 bits per heavy atom. The molecule has 0 unspecified atom stereocenters. The monoisotopic (exact) mass is 490 g/mol. The Hall–Kier alpha value is -1.36. The molecule has 0 aromatic carbocycles. The van der Waals surface area contributed by atoms with Crippen molar-refractivity contribution in [3.05, 3.63) is 18.0 Å². The second-order valence-corrected chi connectivity index (χ2v) is 7.13. The van der Waals surface area contributed by atoms with Crippen LogP contribution in [0.2, 0.25) is 0 Å². The highest BCUT2D eigenvalue weighted by molar-refractivity contribution is 14.0. The molecule has 0 aliphatic carbocycles. The van der Waals surface area contributed by atoms with Gasteiger partial charge in [-0.3, -0.25) is 14.7 Å². The molecule has 152 valence electrons. The van der Waals surface area contributed by atoms with Crippen LogP contribution in [0.25, 0.3) is 0 Å². The van der Waals surface area contributed by atoms with Crippen molar-refractivity contribution in [3.8, 4) is 0 Å². The van der Waals surface area contributed by atoms with E-state index in [9.17, 15) is 4.79 Å². The van der Waals surface area contributed by atoms with Crippen molar-refractivity contribution in [1.29, 1.82) is 0 Å². The fourth-order valence-electron chi connectivity index (χ4n) is 3.69. The van der Waals surface area contributed by atoms with E-state index in [1.165, 1.54) is 0 Å². The van der Waals surface area contributed by atoms with E-state index in [-0.39, 0.29) is 29.9 Å². The van der Waals surface area contributed by atoms with E-state index in [0.29, 0.717) is 5.92 Å². The molecule has 1 amide bonds. The van der Waals surface area contributed by atoms with Crippen LogP contribution in [-0.2, 0) is 11.3 Å². The van der Waals surface area contributed by atoms with Crippen LogP contribution in [0.5, 0.6) is 0 Å². The van der Waals surface area contributed by atoms with Crippen LogP contribution in [0.1, 0.15) is 25.5 Å². The number of piperazine rings is 1. The van der Waals surface area contributed by atoms with Gasteiger partial charge >= 0.3 is 0 Å². The van der Waals surface area contributed by atoms with Gasteiger partial charge in [-0.05, 0) is 18.8 Å². The summed E-state index contributed by atoms with van der Waals surface area (Å²) in [7, 11) is 1.85. The van der Waals surface area contributed by atoms with Gasteiger partial charge < -0.3 is 19.6 Å². The maximum absolute atomic E-state index is 11.4. The average molecular weight is 490 g/mol. The van der Waals surface area contributed by atoms with Gasteiger partial charge in [0.2, 0.25) is 5.91 Å². The fraction of sp³-hybridized carbons (Fsp3) is 0.722. The van der Waals surface area contributed by atoms with Crippen molar-refractivity contribution < 1.29 is 9.32 Å². The number of halogens is 1. The number of nitrogens with zero attached hydrogens (tertiary/aromatic N) is 5. The largest absolute Gasteiger partial charge is 0.364 e. The number of piperidine rings is 1. The van der Waals surface area contributed by atoms with Crippen LogP contribution < -0.4 is 5.32 Å². The molecule has 3 heterocycles. The number of hydrogen-bond donors (Lipinski definition) is 1. The van der Waals surface area contributed by atoms with E-state index >= 15 is 0 Å². The van der Waals surface area contributed by atoms with E-state index in [0.717, 1.165) is 76.9 Å². The number of guanidine groups is 1. The molecule has 0 atom stereocenters. The molecule has 1 aromatic heterocycles. The number of nitrogens with one attached hydrogen (secondary N) is 1. The van der Waals surface area contributed by atoms with Crippen molar-refractivity contribution in [1.82, 2.24) is 25.2 Å². The van der Waals surface area contributed by atoms with Gasteiger partial charge in [0, 0.05) is 72.4 Å². The molecule has 2 aliphatic rings. The van der Waals surface area contributed by atoms with Crippen molar-refractivity contribution >= 4 is 35.8 Å². The molecule has 2 saturated heterocycles. The molecular weight excluding hydrogens is 459 g/mol. The number of carbonyl (C=O) groups excluding carboxylic acids is 1. The summed E-state index contributed by atoms with van der Waals surface area (Å²) in [5.41, 5.74) is 0.984. The highest BCUT2D eigenvalue weighted by Crippen LogP contribution is 2.16. The third-order valence-electron chi connectivity index (χ3n) is 5.37.